The van der Waals surface area contributed by atoms with Crippen LogP contribution in [0.15, 0.2) is 41.0 Å². The van der Waals surface area contributed by atoms with Gasteiger partial charge in [-0.05, 0) is 36.2 Å². The summed E-state index contributed by atoms with van der Waals surface area (Å²) in [6.07, 6.45) is 2.00. The van der Waals surface area contributed by atoms with Crippen LogP contribution in [0.4, 0.5) is 0 Å². The number of benzene rings is 1. The Morgan fingerprint density at radius 3 is 2.55 bits per heavy atom. The van der Waals surface area contributed by atoms with Gasteiger partial charge in [-0.1, -0.05) is 29.3 Å². The molecule has 0 aliphatic rings. The number of hydrogen-bond donors (Lipinski definition) is 2. The molecule has 5 nitrogen and oxygen atoms in total. The van der Waals surface area contributed by atoms with Crippen molar-refractivity contribution in [1.82, 2.24) is 10.6 Å². The van der Waals surface area contributed by atoms with Gasteiger partial charge in [-0.3, -0.25) is 9.59 Å². The second kappa shape index (κ2) is 7.87. The second-order valence-electron chi connectivity index (χ2n) is 4.50. The van der Waals surface area contributed by atoms with Crippen molar-refractivity contribution in [3.63, 3.8) is 0 Å². The fraction of sp³-hybridized carbons (Fsp3) is 0.200. The van der Waals surface area contributed by atoms with E-state index < -0.39 is 11.8 Å². The molecule has 1 aromatic heterocycles. The van der Waals surface area contributed by atoms with Gasteiger partial charge in [-0.15, -0.1) is 0 Å². The minimum atomic E-state index is -0.710. The SMILES string of the molecule is O=C(NCCc1ccc(Cl)cc1Cl)C(=O)NCc1ccco1. The minimum absolute atomic E-state index is 0.169. The van der Waals surface area contributed by atoms with Crippen molar-refractivity contribution in [2.24, 2.45) is 0 Å². The number of carbonyl (C=O) groups excluding carboxylic acids is 2. The molecule has 0 aliphatic carbocycles. The molecular formula is C15H14Cl2N2O3. The Labute approximate surface area is 137 Å². The van der Waals surface area contributed by atoms with Crippen molar-refractivity contribution in [2.75, 3.05) is 6.54 Å². The van der Waals surface area contributed by atoms with E-state index in [1.54, 1.807) is 30.3 Å². The summed E-state index contributed by atoms with van der Waals surface area (Å²) in [6, 6.07) is 8.56. The Hall–Kier alpha value is -1.98. The molecule has 0 atom stereocenters. The summed E-state index contributed by atoms with van der Waals surface area (Å²) in [5, 5.41) is 6.08. The van der Waals surface area contributed by atoms with Gasteiger partial charge < -0.3 is 15.1 Å². The zero-order valence-corrected chi connectivity index (χ0v) is 13.1. The first kappa shape index (κ1) is 16.4. The molecule has 0 aliphatic heterocycles. The van der Waals surface area contributed by atoms with Crippen LogP contribution in [0.1, 0.15) is 11.3 Å². The summed E-state index contributed by atoms with van der Waals surface area (Å²) < 4.78 is 5.05. The first-order valence-electron chi connectivity index (χ1n) is 6.58. The second-order valence-corrected chi connectivity index (χ2v) is 5.35. The van der Waals surface area contributed by atoms with E-state index in [9.17, 15) is 9.59 Å². The molecule has 2 N–H and O–H groups in total. The Balaban J connectivity index is 1.73. The van der Waals surface area contributed by atoms with Gasteiger partial charge in [-0.25, -0.2) is 0 Å². The molecule has 1 aromatic carbocycles. The largest absolute Gasteiger partial charge is 0.467 e. The van der Waals surface area contributed by atoms with Crippen molar-refractivity contribution in [2.45, 2.75) is 13.0 Å². The molecule has 1 heterocycles. The third-order valence-electron chi connectivity index (χ3n) is 2.90. The lowest BCUT2D eigenvalue weighted by atomic mass is 10.1. The van der Waals surface area contributed by atoms with Crippen molar-refractivity contribution >= 4 is 35.0 Å². The van der Waals surface area contributed by atoms with Crippen LogP contribution < -0.4 is 10.6 Å². The minimum Gasteiger partial charge on any atom is -0.467 e. The molecule has 22 heavy (non-hydrogen) atoms. The zero-order valence-electron chi connectivity index (χ0n) is 11.6. The van der Waals surface area contributed by atoms with Crippen molar-refractivity contribution < 1.29 is 14.0 Å². The highest BCUT2D eigenvalue weighted by molar-refractivity contribution is 6.35. The van der Waals surface area contributed by atoms with E-state index in [1.807, 2.05) is 0 Å². The average molecular weight is 341 g/mol. The summed E-state index contributed by atoms with van der Waals surface area (Å²) in [7, 11) is 0. The van der Waals surface area contributed by atoms with Crippen LogP contribution in [-0.4, -0.2) is 18.4 Å². The predicted molar refractivity (Wildman–Crippen MR) is 83.7 cm³/mol. The summed E-state index contributed by atoms with van der Waals surface area (Å²) >= 11 is 11.8. The maximum atomic E-state index is 11.6. The number of halogens is 2. The lowest BCUT2D eigenvalue weighted by Crippen LogP contribution is -2.40. The third kappa shape index (κ3) is 4.79. The molecule has 0 spiro atoms. The monoisotopic (exact) mass is 340 g/mol. The van der Waals surface area contributed by atoms with Gasteiger partial charge in [0, 0.05) is 16.6 Å². The topological polar surface area (TPSA) is 71.3 Å². The van der Waals surface area contributed by atoms with E-state index in [2.05, 4.69) is 10.6 Å². The smallest absolute Gasteiger partial charge is 0.309 e. The molecule has 2 amide bonds. The van der Waals surface area contributed by atoms with Crippen LogP contribution in [0.3, 0.4) is 0 Å². The highest BCUT2D eigenvalue weighted by atomic mass is 35.5. The van der Waals surface area contributed by atoms with E-state index in [1.165, 1.54) is 6.26 Å². The van der Waals surface area contributed by atoms with Crippen molar-refractivity contribution in [3.05, 3.63) is 58.0 Å². The van der Waals surface area contributed by atoms with Crippen LogP contribution in [0.2, 0.25) is 10.0 Å². The molecule has 2 rings (SSSR count). The number of rotatable bonds is 5. The van der Waals surface area contributed by atoms with E-state index >= 15 is 0 Å². The standard InChI is InChI=1S/C15H14Cl2N2O3/c16-11-4-3-10(13(17)8-11)5-6-18-14(20)15(21)19-9-12-2-1-7-22-12/h1-4,7-8H,5-6,9H2,(H,18,20)(H,19,21). The van der Waals surface area contributed by atoms with Gasteiger partial charge in [0.1, 0.15) is 5.76 Å². The maximum absolute atomic E-state index is 11.6. The lowest BCUT2D eigenvalue weighted by Gasteiger charge is -2.07. The number of furan rings is 1. The van der Waals surface area contributed by atoms with Crippen LogP contribution in [0.25, 0.3) is 0 Å². The average Bonchev–Trinajstić information content (AvgIpc) is 3.00. The molecule has 0 radical (unpaired) electrons. The van der Waals surface area contributed by atoms with Crippen LogP contribution >= 0.6 is 23.2 Å². The predicted octanol–water partition coefficient (Wildman–Crippen LogP) is 2.56. The first-order chi connectivity index (χ1) is 10.6. The van der Waals surface area contributed by atoms with Crippen LogP contribution in [0.5, 0.6) is 0 Å². The molecule has 116 valence electrons. The number of nitrogens with one attached hydrogen (secondary N) is 2. The van der Waals surface area contributed by atoms with Gasteiger partial charge in [0.15, 0.2) is 0 Å². The Kier molecular flexibility index (Phi) is 5.86. The molecule has 0 saturated heterocycles. The molecule has 0 unspecified atom stereocenters. The van der Waals surface area contributed by atoms with Gasteiger partial charge in [-0.2, -0.15) is 0 Å². The van der Waals surface area contributed by atoms with Gasteiger partial charge >= 0.3 is 11.8 Å². The van der Waals surface area contributed by atoms with E-state index in [0.29, 0.717) is 28.8 Å². The molecular weight excluding hydrogens is 327 g/mol. The first-order valence-corrected chi connectivity index (χ1v) is 7.34. The van der Waals surface area contributed by atoms with Crippen LogP contribution in [0, 0.1) is 0 Å². The highest BCUT2D eigenvalue weighted by Gasteiger charge is 2.13. The van der Waals surface area contributed by atoms with E-state index in [0.717, 1.165) is 5.56 Å². The van der Waals surface area contributed by atoms with Crippen LogP contribution in [-0.2, 0) is 22.6 Å². The molecule has 0 saturated carbocycles. The van der Waals surface area contributed by atoms with Gasteiger partial charge in [0.25, 0.3) is 0 Å². The number of carbonyl (C=O) groups is 2. The van der Waals surface area contributed by atoms with E-state index in [4.69, 9.17) is 27.6 Å². The zero-order chi connectivity index (χ0) is 15.9. The normalized spacial score (nSPS) is 10.3. The highest BCUT2D eigenvalue weighted by Crippen LogP contribution is 2.20. The molecule has 0 bridgehead atoms. The van der Waals surface area contributed by atoms with E-state index in [-0.39, 0.29) is 6.54 Å². The number of amides is 2. The fourth-order valence-electron chi connectivity index (χ4n) is 1.78. The van der Waals surface area contributed by atoms with Crippen molar-refractivity contribution in [1.29, 1.82) is 0 Å². The maximum Gasteiger partial charge on any atom is 0.309 e. The Morgan fingerprint density at radius 2 is 1.86 bits per heavy atom. The summed E-state index contributed by atoms with van der Waals surface area (Å²) in [5.41, 5.74) is 0.849. The molecule has 7 heteroatoms. The Morgan fingerprint density at radius 1 is 1.09 bits per heavy atom. The summed E-state index contributed by atoms with van der Waals surface area (Å²) in [4.78, 5) is 23.2. The molecule has 2 aromatic rings. The molecule has 0 fully saturated rings. The Bertz CT molecular complexity index is 657. The summed E-state index contributed by atoms with van der Waals surface area (Å²) in [5.74, 6) is -0.829. The summed E-state index contributed by atoms with van der Waals surface area (Å²) in [6.45, 7) is 0.469. The van der Waals surface area contributed by atoms with Crippen molar-refractivity contribution in [3.8, 4) is 0 Å². The number of hydrogen-bond acceptors (Lipinski definition) is 3. The van der Waals surface area contributed by atoms with Gasteiger partial charge in [0.05, 0.1) is 12.8 Å². The van der Waals surface area contributed by atoms with Gasteiger partial charge in [0.2, 0.25) is 0 Å². The lowest BCUT2D eigenvalue weighted by molar-refractivity contribution is -0.139. The fourth-order valence-corrected chi connectivity index (χ4v) is 2.28. The third-order valence-corrected chi connectivity index (χ3v) is 3.49. The quantitative estimate of drug-likeness (QED) is 0.821.